The van der Waals surface area contributed by atoms with E-state index in [1.165, 1.54) is 4.90 Å². The summed E-state index contributed by atoms with van der Waals surface area (Å²) in [5.74, 6) is 8.06. The van der Waals surface area contributed by atoms with Crippen molar-refractivity contribution in [1.82, 2.24) is 5.43 Å². The fourth-order valence-electron chi connectivity index (χ4n) is 2.03. The Labute approximate surface area is 129 Å². The normalized spacial score (nSPS) is 12.0. The first-order valence-electron chi connectivity index (χ1n) is 6.64. The minimum absolute atomic E-state index is 0.00365. The molecule has 5 heteroatoms. The third-order valence-corrected chi connectivity index (χ3v) is 4.28. The van der Waals surface area contributed by atoms with Crippen molar-refractivity contribution < 1.29 is 9.47 Å². The third-order valence-electron chi connectivity index (χ3n) is 3.18. The SMILES string of the molecule is COc1ccc(C(CSc2ccccc2)NN)c(OC)c1. The Kier molecular flexibility index (Phi) is 5.92. The lowest BCUT2D eigenvalue weighted by atomic mass is 10.1. The molecule has 1 atom stereocenters. The highest BCUT2D eigenvalue weighted by atomic mass is 32.2. The summed E-state index contributed by atoms with van der Waals surface area (Å²) in [6.07, 6.45) is 0. The summed E-state index contributed by atoms with van der Waals surface area (Å²) in [5, 5.41) is 0. The molecule has 1 unspecified atom stereocenters. The second-order valence-electron chi connectivity index (χ2n) is 4.45. The molecule has 0 aliphatic rings. The van der Waals surface area contributed by atoms with Crippen molar-refractivity contribution in [3.8, 4) is 11.5 Å². The highest BCUT2D eigenvalue weighted by molar-refractivity contribution is 7.99. The van der Waals surface area contributed by atoms with Crippen molar-refractivity contribution in [3.63, 3.8) is 0 Å². The molecule has 0 saturated carbocycles. The van der Waals surface area contributed by atoms with Crippen LogP contribution in [0.2, 0.25) is 0 Å². The number of rotatable bonds is 7. The zero-order chi connectivity index (χ0) is 15.1. The standard InChI is InChI=1S/C16H20N2O2S/c1-19-12-8-9-14(16(10-12)20-2)15(18-17)11-21-13-6-4-3-5-7-13/h3-10,15,18H,11,17H2,1-2H3. The van der Waals surface area contributed by atoms with E-state index in [9.17, 15) is 0 Å². The van der Waals surface area contributed by atoms with Gasteiger partial charge in [0.15, 0.2) is 0 Å². The quantitative estimate of drug-likeness (QED) is 0.468. The number of ether oxygens (including phenoxy) is 2. The van der Waals surface area contributed by atoms with Crippen molar-refractivity contribution in [3.05, 3.63) is 54.1 Å². The van der Waals surface area contributed by atoms with Gasteiger partial charge in [0, 0.05) is 22.3 Å². The van der Waals surface area contributed by atoms with Gasteiger partial charge in [-0.25, -0.2) is 0 Å². The van der Waals surface area contributed by atoms with E-state index in [2.05, 4.69) is 17.6 Å². The second-order valence-corrected chi connectivity index (χ2v) is 5.54. The summed E-state index contributed by atoms with van der Waals surface area (Å²) in [6.45, 7) is 0. The van der Waals surface area contributed by atoms with Gasteiger partial charge in [-0.1, -0.05) is 18.2 Å². The molecule has 2 aromatic rings. The van der Waals surface area contributed by atoms with Crippen LogP contribution in [0.4, 0.5) is 0 Å². The lowest BCUT2D eigenvalue weighted by Gasteiger charge is -2.19. The van der Waals surface area contributed by atoms with Crippen LogP contribution >= 0.6 is 11.8 Å². The predicted molar refractivity (Wildman–Crippen MR) is 86.8 cm³/mol. The lowest BCUT2D eigenvalue weighted by molar-refractivity contribution is 0.386. The highest BCUT2D eigenvalue weighted by Crippen LogP contribution is 2.32. The highest BCUT2D eigenvalue weighted by Gasteiger charge is 2.16. The average molecular weight is 304 g/mol. The molecule has 0 aromatic heterocycles. The van der Waals surface area contributed by atoms with Crippen LogP contribution < -0.4 is 20.7 Å². The van der Waals surface area contributed by atoms with Crippen LogP contribution in [-0.4, -0.2) is 20.0 Å². The molecule has 2 aromatic carbocycles. The van der Waals surface area contributed by atoms with Crippen LogP contribution in [0.3, 0.4) is 0 Å². The molecule has 0 saturated heterocycles. The molecule has 0 radical (unpaired) electrons. The number of hydrogen-bond acceptors (Lipinski definition) is 5. The van der Waals surface area contributed by atoms with Gasteiger partial charge in [-0.15, -0.1) is 11.8 Å². The van der Waals surface area contributed by atoms with Crippen LogP contribution in [-0.2, 0) is 0 Å². The third kappa shape index (κ3) is 4.14. The summed E-state index contributed by atoms with van der Waals surface area (Å²) < 4.78 is 10.7. The number of benzene rings is 2. The lowest BCUT2D eigenvalue weighted by Crippen LogP contribution is -2.30. The number of methoxy groups -OCH3 is 2. The zero-order valence-corrected chi connectivity index (χ0v) is 13.0. The second kappa shape index (κ2) is 7.93. The molecule has 3 N–H and O–H groups in total. The smallest absolute Gasteiger partial charge is 0.127 e. The molecule has 0 heterocycles. The first-order chi connectivity index (χ1) is 10.3. The average Bonchev–Trinajstić information content (AvgIpc) is 2.56. The van der Waals surface area contributed by atoms with Gasteiger partial charge in [-0.3, -0.25) is 11.3 Å². The Morgan fingerprint density at radius 1 is 1.10 bits per heavy atom. The van der Waals surface area contributed by atoms with Gasteiger partial charge in [0.25, 0.3) is 0 Å². The van der Waals surface area contributed by atoms with Gasteiger partial charge >= 0.3 is 0 Å². The van der Waals surface area contributed by atoms with Crippen molar-refractivity contribution in [2.75, 3.05) is 20.0 Å². The van der Waals surface area contributed by atoms with E-state index < -0.39 is 0 Å². The molecule has 0 aliphatic carbocycles. The van der Waals surface area contributed by atoms with E-state index in [1.807, 2.05) is 36.4 Å². The van der Waals surface area contributed by atoms with Gasteiger partial charge in [0.2, 0.25) is 0 Å². The maximum absolute atomic E-state index is 5.71. The Morgan fingerprint density at radius 3 is 2.48 bits per heavy atom. The largest absolute Gasteiger partial charge is 0.497 e. The summed E-state index contributed by atoms with van der Waals surface area (Å²) in [4.78, 5) is 1.21. The van der Waals surface area contributed by atoms with Crippen LogP contribution in [0.1, 0.15) is 11.6 Å². The van der Waals surface area contributed by atoms with E-state index in [0.717, 1.165) is 22.8 Å². The molecular formula is C16H20N2O2S. The van der Waals surface area contributed by atoms with Gasteiger partial charge < -0.3 is 9.47 Å². The Hall–Kier alpha value is -1.69. The number of hydrazine groups is 1. The molecule has 112 valence electrons. The predicted octanol–water partition coefficient (Wildman–Crippen LogP) is 3.00. The summed E-state index contributed by atoms with van der Waals surface area (Å²) in [5.41, 5.74) is 3.88. The fraction of sp³-hybridized carbons (Fsp3) is 0.250. The molecule has 0 fully saturated rings. The van der Waals surface area contributed by atoms with Gasteiger partial charge in [0.1, 0.15) is 11.5 Å². The molecule has 4 nitrogen and oxygen atoms in total. The monoisotopic (exact) mass is 304 g/mol. The Morgan fingerprint density at radius 2 is 1.86 bits per heavy atom. The maximum Gasteiger partial charge on any atom is 0.127 e. The van der Waals surface area contributed by atoms with Crippen LogP contribution in [0.5, 0.6) is 11.5 Å². The topological polar surface area (TPSA) is 56.5 Å². The van der Waals surface area contributed by atoms with Gasteiger partial charge in [-0.2, -0.15) is 0 Å². The number of thioether (sulfide) groups is 1. The number of nitrogens with two attached hydrogens (primary N) is 1. The minimum atomic E-state index is -0.00365. The fourth-order valence-corrected chi connectivity index (χ4v) is 3.01. The molecule has 0 amide bonds. The zero-order valence-electron chi connectivity index (χ0n) is 12.2. The molecular weight excluding hydrogens is 284 g/mol. The van der Waals surface area contributed by atoms with Crippen LogP contribution in [0.25, 0.3) is 0 Å². The van der Waals surface area contributed by atoms with Crippen molar-refractivity contribution in [2.45, 2.75) is 10.9 Å². The molecule has 21 heavy (non-hydrogen) atoms. The van der Waals surface area contributed by atoms with Crippen molar-refractivity contribution in [2.24, 2.45) is 5.84 Å². The molecule has 0 aliphatic heterocycles. The molecule has 0 bridgehead atoms. The Balaban J connectivity index is 2.13. The first-order valence-corrected chi connectivity index (χ1v) is 7.63. The Bertz CT molecular complexity index is 563. The van der Waals surface area contributed by atoms with Gasteiger partial charge in [0.05, 0.1) is 20.3 Å². The minimum Gasteiger partial charge on any atom is -0.497 e. The van der Waals surface area contributed by atoms with Crippen LogP contribution in [0, 0.1) is 0 Å². The van der Waals surface area contributed by atoms with E-state index in [4.69, 9.17) is 15.3 Å². The summed E-state index contributed by atoms with van der Waals surface area (Å²) in [6, 6.07) is 16.0. The maximum atomic E-state index is 5.71. The van der Waals surface area contributed by atoms with Gasteiger partial charge in [-0.05, 0) is 24.3 Å². The van der Waals surface area contributed by atoms with E-state index in [1.54, 1.807) is 26.0 Å². The van der Waals surface area contributed by atoms with E-state index in [-0.39, 0.29) is 6.04 Å². The summed E-state index contributed by atoms with van der Waals surface area (Å²) >= 11 is 1.75. The van der Waals surface area contributed by atoms with E-state index >= 15 is 0 Å². The summed E-state index contributed by atoms with van der Waals surface area (Å²) in [7, 11) is 3.29. The number of hydrogen-bond donors (Lipinski definition) is 2. The van der Waals surface area contributed by atoms with Crippen LogP contribution in [0.15, 0.2) is 53.4 Å². The molecule has 0 spiro atoms. The first kappa shape index (κ1) is 15.7. The van der Waals surface area contributed by atoms with Crippen molar-refractivity contribution in [1.29, 1.82) is 0 Å². The van der Waals surface area contributed by atoms with Crippen molar-refractivity contribution >= 4 is 11.8 Å². The molecule has 2 rings (SSSR count). The number of nitrogens with one attached hydrogen (secondary N) is 1. The van der Waals surface area contributed by atoms with E-state index in [0.29, 0.717) is 0 Å².